The lowest BCUT2D eigenvalue weighted by Crippen LogP contribution is -2.19. The number of thiazole rings is 1. The lowest BCUT2D eigenvalue weighted by atomic mass is 9.98. The summed E-state index contributed by atoms with van der Waals surface area (Å²) in [7, 11) is 2.04. The topological polar surface area (TPSA) is 37.8 Å². The molecule has 3 nitrogen and oxygen atoms in total. The summed E-state index contributed by atoms with van der Waals surface area (Å²) >= 11 is 1.80. The summed E-state index contributed by atoms with van der Waals surface area (Å²) in [6.45, 7) is 0. The van der Waals surface area contributed by atoms with E-state index < -0.39 is 0 Å². The number of nitrogens with one attached hydrogen (secondary N) is 1. The normalized spacial score (nSPS) is 17.9. The summed E-state index contributed by atoms with van der Waals surface area (Å²) < 4.78 is 0. The maximum atomic E-state index is 4.89. The predicted molar refractivity (Wildman–Crippen MR) is 87.6 cm³/mol. The summed E-state index contributed by atoms with van der Waals surface area (Å²) in [5.41, 5.74) is 2.28. The van der Waals surface area contributed by atoms with E-state index in [-0.39, 0.29) is 0 Å². The van der Waals surface area contributed by atoms with Gasteiger partial charge in [-0.2, -0.15) is 0 Å². The van der Waals surface area contributed by atoms with Gasteiger partial charge in [-0.3, -0.25) is 4.98 Å². The maximum Gasteiger partial charge on any atom is 0.143 e. The van der Waals surface area contributed by atoms with E-state index in [9.17, 15) is 0 Å². The number of aromatic nitrogens is 2. The van der Waals surface area contributed by atoms with Crippen molar-refractivity contribution < 1.29 is 0 Å². The van der Waals surface area contributed by atoms with Crippen LogP contribution in [0.2, 0.25) is 0 Å². The van der Waals surface area contributed by atoms with E-state index in [4.69, 9.17) is 4.98 Å². The molecule has 2 heterocycles. The van der Waals surface area contributed by atoms with Crippen LogP contribution in [0.3, 0.4) is 0 Å². The number of aryl methyl sites for hydroxylation is 1. The fourth-order valence-electron chi connectivity index (χ4n) is 3.09. The lowest BCUT2D eigenvalue weighted by molar-refractivity contribution is 0.501. The van der Waals surface area contributed by atoms with Crippen LogP contribution in [-0.4, -0.2) is 17.0 Å². The number of hydrogen-bond acceptors (Lipinski definition) is 4. The summed E-state index contributed by atoms with van der Waals surface area (Å²) in [5.74, 6) is 0. The zero-order chi connectivity index (χ0) is 14.2. The molecule has 1 atom stereocenters. The second-order valence-corrected chi connectivity index (χ2v) is 6.47. The number of fused-ring (bicyclic) bond motifs is 2. The minimum atomic E-state index is 0.454. The van der Waals surface area contributed by atoms with Crippen LogP contribution in [0.15, 0.2) is 36.5 Å². The van der Waals surface area contributed by atoms with Crippen molar-refractivity contribution in [3.63, 3.8) is 0 Å². The van der Waals surface area contributed by atoms with Gasteiger partial charge in [0.1, 0.15) is 10.7 Å². The summed E-state index contributed by atoms with van der Waals surface area (Å²) in [6.07, 6.45) is 5.39. The van der Waals surface area contributed by atoms with Crippen molar-refractivity contribution in [3.05, 3.63) is 47.1 Å². The van der Waals surface area contributed by atoms with Crippen LogP contribution < -0.4 is 5.32 Å². The van der Waals surface area contributed by atoms with E-state index in [1.807, 2.05) is 13.2 Å². The van der Waals surface area contributed by atoms with E-state index in [0.717, 1.165) is 17.1 Å². The zero-order valence-electron chi connectivity index (χ0n) is 12.0. The average Bonchev–Trinajstić information content (AvgIpc) is 2.98. The highest BCUT2D eigenvalue weighted by Gasteiger charge is 2.24. The van der Waals surface area contributed by atoms with E-state index >= 15 is 0 Å². The Balaban J connectivity index is 1.88. The van der Waals surface area contributed by atoms with Gasteiger partial charge < -0.3 is 5.32 Å². The van der Waals surface area contributed by atoms with Gasteiger partial charge >= 0.3 is 0 Å². The lowest BCUT2D eigenvalue weighted by Gasteiger charge is -2.19. The van der Waals surface area contributed by atoms with Crippen LogP contribution in [-0.2, 0) is 6.42 Å². The molecule has 3 aromatic rings. The largest absolute Gasteiger partial charge is 0.312 e. The molecule has 1 aromatic carbocycles. The molecule has 0 saturated heterocycles. The zero-order valence-corrected chi connectivity index (χ0v) is 12.8. The fraction of sp³-hybridized carbons (Fsp3) is 0.294. The molecular weight excluding hydrogens is 278 g/mol. The number of rotatable bonds is 2. The number of nitrogens with zero attached hydrogens (tertiary/aromatic N) is 2. The Labute approximate surface area is 128 Å². The van der Waals surface area contributed by atoms with Gasteiger partial charge in [0.15, 0.2) is 0 Å². The molecule has 0 fully saturated rings. The Morgan fingerprint density at radius 1 is 1.24 bits per heavy atom. The van der Waals surface area contributed by atoms with Crippen molar-refractivity contribution in [1.82, 2.24) is 15.3 Å². The minimum absolute atomic E-state index is 0.454. The molecule has 0 saturated carbocycles. The number of pyridine rings is 1. The molecule has 0 radical (unpaired) electrons. The number of hydrogen-bond donors (Lipinski definition) is 1. The van der Waals surface area contributed by atoms with E-state index in [1.165, 1.54) is 34.2 Å². The molecule has 21 heavy (non-hydrogen) atoms. The van der Waals surface area contributed by atoms with Crippen molar-refractivity contribution in [2.24, 2.45) is 0 Å². The molecule has 4 heteroatoms. The van der Waals surface area contributed by atoms with Gasteiger partial charge in [-0.1, -0.05) is 24.3 Å². The van der Waals surface area contributed by atoms with Crippen LogP contribution >= 0.6 is 11.3 Å². The van der Waals surface area contributed by atoms with Gasteiger partial charge in [-0.25, -0.2) is 4.98 Å². The summed E-state index contributed by atoms with van der Waals surface area (Å²) in [5, 5.41) is 6.88. The van der Waals surface area contributed by atoms with Crippen LogP contribution in [0.5, 0.6) is 0 Å². The summed E-state index contributed by atoms with van der Waals surface area (Å²) in [6, 6.07) is 10.9. The standard InChI is InChI=1S/C17H17N3S/c1-18-13-7-4-8-14-16(13)21-17(20-14)15-12-6-3-2-5-11(12)9-10-19-15/h2-3,5-6,9-10,13,18H,4,7-8H2,1H3. The highest BCUT2D eigenvalue weighted by molar-refractivity contribution is 7.15. The van der Waals surface area contributed by atoms with E-state index in [0.29, 0.717) is 6.04 Å². The second-order valence-electron chi connectivity index (χ2n) is 5.44. The van der Waals surface area contributed by atoms with Gasteiger partial charge in [0.25, 0.3) is 0 Å². The van der Waals surface area contributed by atoms with Crippen molar-refractivity contribution in [2.45, 2.75) is 25.3 Å². The smallest absolute Gasteiger partial charge is 0.143 e. The van der Waals surface area contributed by atoms with Crippen molar-refractivity contribution in [3.8, 4) is 10.7 Å². The first-order chi connectivity index (χ1) is 10.4. The number of benzene rings is 1. The highest BCUT2D eigenvalue weighted by atomic mass is 32.1. The molecule has 0 spiro atoms. The van der Waals surface area contributed by atoms with Gasteiger partial charge in [-0.05, 0) is 37.8 Å². The van der Waals surface area contributed by atoms with Crippen molar-refractivity contribution >= 4 is 22.1 Å². The molecule has 4 rings (SSSR count). The molecule has 2 aromatic heterocycles. The van der Waals surface area contributed by atoms with Gasteiger partial charge in [0.2, 0.25) is 0 Å². The third kappa shape index (κ3) is 2.15. The Kier molecular flexibility index (Phi) is 3.20. The quantitative estimate of drug-likeness (QED) is 0.777. The first-order valence-corrected chi connectivity index (χ1v) is 8.19. The third-order valence-corrected chi connectivity index (χ3v) is 5.39. The van der Waals surface area contributed by atoms with E-state index in [1.54, 1.807) is 11.3 Å². The molecule has 1 aliphatic carbocycles. The Morgan fingerprint density at radius 3 is 3.05 bits per heavy atom. The molecular formula is C17H17N3S. The fourth-order valence-corrected chi connectivity index (χ4v) is 4.35. The molecule has 0 bridgehead atoms. The SMILES string of the molecule is CNC1CCCc2nc(-c3nccc4ccccc34)sc21. The molecule has 106 valence electrons. The third-order valence-electron chi connectivity index (χ3n) is 4.18. The molecule has 0 amide bonds. The van der Waals surface area contributed by atoms with Crippen molar-refractivity contribution in [2.75, 3.05) is 7.05 Å². The predicted octanol–water partition coefficient (Wildman–Crippen LogP) is 3.96. The van der Waals surface area contributed by atoms with Crippen LogP contribution in [0.1, 0.15) is 29.5 Å². The molecule has 0 aliphatic heterocycles. The first-order valence-electron chi connectivity index (χ1n) is 7.38. The van der Waals surface area contributed by atoms with Crippen LogP contribution in [0.4, 0.5) is 0 Å². The highest BCUT2D eigenvalue weighted by Crippen LogP contribution is 2.38. The average molecular weight is 295 g/mol. The van der Waals surface area contributed by atoms with E-state index in [2.05, 4.69) is 40.6 Å². The molecule has 1 aliphatic rings. The molecule has 1 N–H and O–H groups in total. The van der Waals surface area contributed by atoms with Gasteiger partial charge in [-0.15, -0.1) is 11.3 Å². The monoisotopic (exact) mass is 295 g/mol. The van der Waals surface area contributed by atoms with Gasteiger partial charge in [0.05, 0.1) is 5.69 Å². The second kappa shape index (κ2) is 5.20. The Morgan fingerprint density at radius 2 is 2.14 bits per heavy atom. The van der Waals surface area contributed by atoms with Crippen LogP contribution in [0, 0.1) is 0 Å². The van der Waals surface area contributed by atoms with Gasteiger partial charge in [0, 0.05) is 22.5 Å². The minimum Gasteiger partial charge on any atom is -0.312 e. The van der Waals surface area contributed by atoms with Crippen molar-refractivity contribution in [1.29, 1.82) is 0 Å². The van der Waals surface area contributed by atoms with Crippen LogP contribution in [0.25, 0.3) is 21.5 Å². The summed E-state index contributed by atoms with van der Waals surface area (Å²) in [4.78, 5) is 10.9. The Bertz CT molecular complexity index is 788. The first kappa shape index (κ1) is 12.9. The maximum absolute atomic E-state index is 4.89. The molecule has 1 unspecified atom stereocenters. The Hall–Kier alpha value is -1.78.